The second-order valence-electron chi connectivity index (χ2n) is 3.19. The zero-order valence-electron chi connectivity index (χ0n) is 8.81. The predicted molar refractivity (Wildman–Crippen MR) is 64.4 cm³/mol. The fourth-order valence-electron chi connectivity index (χ4n) is 1.11. The first-order chi connectivity index (χ1) is 7.24. The largest absolute Gasteiger partial charge is 0.290 e. The number of rotatable bonds is 4. The first-order valence-electron chi connectivity index (χ1n) is 4.81. The summed E-state index contributed by atoms with van der Waals surface area (Å²) in [4.78, 5) is 11.1. The second-order valence-corrected chi connectivity index (χ2v) is 3.19. The molecule has 0 spiro atoms. The summed E-state index contributed by atoms with van der Waals surface area (Å²) < 4.78 is 0. The lowest BCUT2D eigenvalue weighted by molar-refractivity contribution is -0.111. The molecule has 0 N–H and O–H groups in total. The summed E-state index contributed by atoms with van der Waals surface area (Å²) in [5.74, 6) is -0.0345. The molecule has 0 saturated carbocycles. The Kier molecular flexibility index (Phi) is 4.30. The average Bonchev–Trinajstić information content (AvgIpc) is 2.29. The molecule has 0 radical (unpaired) electrons. The van der Waals surface area contributed by atoms with Crippen molar-refractivity contribution in [2.24, 2.45) is 0 Å². The van der Waals surface area contributed by atoms with Gasteiger partial charge in [-0.1, -0.05) is 55.1 Å². The highest BCUT2D eigenvalue weighted by molar-refractivity contribution is 6.03. The van der Waals surface area contributed by atoms with Crippen LogP contribution < -0.4 is 0 Å². The molecule has 1 heteroatoms. The van der Waals surface area contributed by atoms with Gasteiger partial charge in [-0.3, -0.25) is 4.79 Å². The van der Waals surface area contributed by atoms with Crippen LogP contribution in [0.3, 0.4) is 0 Å². The van der Waals surface area contributed by atoms with Gasteiger partial charge >= 0.3 is 0 Å². The lowest BCUT2D eigenvalue weighted by Crippen LogP contribution is -1.91. The Morgan fingerprint density at radius 2 is 1.93 bits per heavy atom. The number of allylic oxidation sites excluding steroid dienone is 4. The van der Waals surface area contributed by atoms with E-state index < -0.39 is 0 Å². The van der Waals surface area contributed by atoms with Crippen LogP contribution in [0, 0.1) is 0 Å². The van der Waals surface area contributed by atoms with Crippen LogP contribution >= 0.6 is 0 Å². The van der Waals surface area contributed by atoms with Crippen molar-refractivity contribution in [3.05, 3.63) is 66.3 Å². The van der Waals surface area contributed by atoms with Crippen molar-refractivity contribution in [3.63, 3.8) is 0 Å². The number of hydrogen-bond acceptors (Lipinski definition) is 1. The van der Waals surface area contributed by atoms with Crippen LogP contribution in [0.1, 0.15) is 12.5 Å². The van der Waals surface area contributed by atoms with E-state index in [0.717, 1.165) is 5.56 Å². The lowest BCUT2D eigenvalue weighted by Gasteiger charge is -1.91. The van der Waals surface area contributed by atoms with Crippen LogP contribution in [-0.2, 0) is 4.79 Å². The quantitative estimate of drug-likeness (QED) is 0.535. The molecule has 0 bridgehead atoms. The SMILES string of the molecule is C=CC(=O)C(C)=CC=Cc1ccccc1. The summed E-state index contributed by atoms with van der Waals surface area (Å²) in [5.41, 5.74) is 1.81. The van der Waals surface area contributed by atoms with Crippen LogP contribution in [0.4, 0.5) is 0 Å². The van der Waals surface area contributed by atoms with Crippen LogP contribution in [0.25, 0.3) is 6.08 Å². The van der Waals surface area contributed by atoms with E-state index in [9.17, 15) is 4.79 Å². The highest BCUT2D eigenvalue weighted by Gasteiger charge is 1.94. The maximum atomic E-state index is 11.1. The Hall–Kier alpha value is -1.89. The molecule has 0 atom stereocenters. The Bertz CT molecular complexity index is 397. The first kappa shape index (κ1) is 11.2. The normalized spacial score (nSPS) is 11.7. The third-order valence-electron chi connectivity index (χ3n) is 2.01. The van der Waals surface area contributed by atoms with Crippen LogP contribution in [0.15, 0.2) is 60.7 Å². The minimum absolute atomic E-state index is 0.0345. The van der Waals surface area contributed by atoms with Crippen molar-refractivity contribution >= 4 is 11.9 Å². The fourth-order valence-corrected chi connectivity index (χ4v) is 1.11. The van der Waals surface area contributed by atoms with Gasteiger partial charge in [0, 0.05) is 0 Å². The van der Waals surface area contributed by atoms with Gasteiger partial charge in [0.05, 0.1) is 0 Å². The van der Waals surface area contributed by atoms with Crippen molar-refractivity contribution < 1.29 is 4.79 Å². The van der Waals surface area contributed by atoms with Crippen LogP contribution in [-0.4, -0.2) is 5.78 Å². The minimum atomic E-state index is -0.0345. The number of hydrogen-bond donors (Lipinski definition) is 0. The Morgan fingerprint density at radius 3 is 2.53 bits per heavy atom. The Morgan fingerprint density at radius 1 is 1.27 bits per heavy atom. The van der Waals surface area contributed by atoms with Gasteiger partial charge in [-0.25, -0.2) is 0 Å². The van der Waals surface area contributed by atoms with E-state index in [-0.39, 0.29) is 5.78 Å². The fraction of sp³-hybridized carbons (Fsp3) is 0.0714. The van der Waals surface area contributed by atoms with Crippen molar-refractivity contribution in [2.75, 3.05) is 0 Å². The van der Waals surface area contributed by atoms with Gasteiger partial charge in [0.1, 0.15) is 0 Å². The van der Waals surface area contributed by atoms with Crippen molar-refractivity contribution in [1.82, 2.24) is 0 Å². The maximum absolute atomic E-state index is 11.1. The third kappa shape index (κ3) is 3.77. The number of benzene rings is 1. The van der Waals surface area contributed by atoms with Gasteiger partial charge < -0.3 is 0 Å². The molecule has 1 rings (SSSR count). The highest BCUT2D eigenvalue weighted by atomic mass is 16.1. The second kappa shape index (κ2) is 5.76. The molecule has 0 aliphatic carbocycles. The molecular formula is C14H14O. The molecule has 0 aliphatic heterocycles. The average molecular weight is 198 g/mol. The van der Waals surface area contributed by atoms with E-state index in [0.29, 0.717) is 5.57 Å². The monoisotopic (exact) mass is 198 g/mol. The molecule has 0 heterocycles. The van der Waals surface area contributed by atoms with E-state index in [1.807, 2.05) is 42.5 Å². The predicted octanol–water partition coefficient (Wildman–Crippen LogP) is 3.40. The zero-order valence-corrected chi connectivity index (χ0v) is 8.81. The Balaban J connectivity index is 2.68. The van der Waals surface area contributed by atoms with E-state index in [4.69, 9.17) is 0 Å². The maximum Gasteiger partial charge on any atom is 0.180 e. The molecule has 0 amide bonds. The first-order valence-corrected chi connectivity index (χ1v) is 4.81. The summed E-state index contributed by atoms with van der Waals surface area (Å²) in [7, 11) is 0. The van der Waals surface area contributed by atoms with E-state index in [1.165, 1.54) is 6.08 Å². The minimum Gasteiger partial charge on any atom is -0.290 e. The molecule has 0 saturated heterocycles. The molecule has 1 nitrogen and oxygen atoms in total. The molecule has 0 aliphatic rings. The molecule has 1 aromatic rings. The number of carbonyl (C=O) groups is 1. The van der Waals surface area contributed by atoms with Gasteiger partial charge in [0.25, 0.3) is 0 Å². The lowest BCUT2D eigenvalue weighted by atomic mass is 10.1. The van der Waals surface area contributed by atoms with Crippen molar-refractivity contribution in [1.29, 1.82) is 0 Å². The van der Waals surface area contributed by atoms with Gasteiger partial charge in [0.2, 0.25) is 0 Å². The van der Waals surface area contributed by atoms with Gasteiger partial charge in [0.15, 0.2) is 5.78 Å². The van der Waals surface area contributed by atoms with Gasteiger partial charge in [-0.05, 0) is 24.1 Å². The van der Waals surface area contributed by atoms with Gasteiger partial charge in [-0.15, -0.1) is 0 Å². The van der Waals surface area contributed by atoms with Crippen LogP contribution in [0.2, 0.25) is 0 Å². The van der Waals surface area contributed by atoms with E-state index in [1.54, 1.807) is 13.0 Å². The summed E-state index contributed by atoms with van der Waals surface area (Å²) in [6, 6.07) is 9.94. The molecule has 0 aromatic heterocycles. The Labute approximate surface area is 90.4 Å². The smallest absolute Gasteiger partial charge is 0.180 e. The summed E-state index contributed by atoms with van der Waals surface area (Å²) >= 11 is 0. The molecule has 0 unspecified atom stereocenters. The van der Waals surface area contributed by atoms with E-state index in [2.05, 4.69) is 6.58 Å². The summed E-state index contributed by atoms with van der Waals surface area (Å²) in [5, 5.41) is 0. The highest BCUT2D eigenvalue weighted by Crippen LogP contribution is 2.02. The molecular weight excluding hydrogens is 184 g/mol. The van der Waals surface area contributed by atoms with Gasteiger partial charge in [-0.2, -0.15) is 0 Å². The number of ketones is 1. The standard InChI is InChI=1S/C14H14O/c1-3-14(15)12(2)8-7-11-13-9-5-4-6-10-13/h3-11H,1H2,2H3. The van der Waals surface area contributed by atoms with Crippen molar-refractivity contribution in [2.45, 2.75) is 6.92 Å². The zero-order chi connectivity index (χ0) is 11.1. The summed E-state index contributed by atoms with van der Waals surface area (Å²) in [6.45, 7) is 5.21. The summed E-state index contributed by atoms with van der Waals surface area (Å²) in [6.07, 6.45) is 6.94. The molecule has 76 valence electrons. The van der Waals surface area contributed by atoms with Crippen molar-refractivity contribution in [3.8, 4) is 0 Å². The molecule has 15 heavy (non-hydrogen) atoms. The molecule has 0 fully saturated rings. The van der Waals surface area contributed by atoms with E-state index >= 15 is 0 Å². The number of carbonyl (C=O) groups excluding carboxylic acids is 1. The third-order valence-corrected chi connectivity index (χ3v) is 2.01. The topological polar surface area (TPSA) is 17.1 Å². The molecule has 1 aromatic carbocycles. The van der Waals surface area contributed by atoms with Crippen LogP contribution in [0.5, 0.6) is 0 Å².